The lowest BCUT2D eigenvalue weighted by molar-refractivity contribution is -0.123. The van der Waals surface area contributed by atoms with Crippen molar-refractivity contribution in [3.05, 3.63) is 76.1 Å². The molecule has 0 atom stereocenters. The van der Waals surface area contributed by atoms with Crippen molar-refractivity contribution < 1.29 is 23.5 Å². The van der Waals surface area contributed by atoms with Gasteiger partial charge in [-0.3, -0.25) is 14.4 Å². The Morgan fingerprint density at radius 2 is 1.86 bits per heavy atom. The van der Waals surface area contributed by atoms with Crippen LogP contribution in [0.5, 0.6) is 0 Å². The van der Waals surface area contributed by atoms with Crippen molar-refractivity contribution in [1.29, 1.82) is 0 Å². The molecule has 1 N–H and O–H groups in total. The van der Waals surface area contributed by atoms with Crippen LogP contribution in [0, 0.1) is 11.7 Å². The highest BCUT2D eigenvalue weighted by molar-refractivity contribution is 5.93. The van der Waals surface area contributed by atoms with E-state index < -0.39 is 23.1 Å². The van der Waals surface area contributed by atoms with Crippen LogP contribution >= 0.6 is 0 Å². The van der Waals surface area contributed by atoms with E-state index in [1.165, 1.54) is 38.3 Å². The van der Waals surface area contributed by atoms with Gasteiger partial charge in [0.25, 0.3) is 5.56 Å². The molecule has 2 aromatic heterocycles. The van der Waals surface area contributed by atoms with Crippen LogP contribution in [0.3, 0.4) is 0 Å². The Labute approximate surface area is 245 Å². The Morgan fingerprint density at radius 1 is 1.14 bits per heavy atom. The maximum atomic E-state index is 14.6. The highest BCUT2D eigenvalue weighted by Gasteiger charge is 2.25. The molecule has 0 aliphatic carbocycles. The number of halogens is 1. The molecule has 0 spiro atoms. The van der Waals surface area contributed by atoms with Gasteiger partial charge in [0.05, 0.1) is 17.8 Å². The number of nitrogens with zero attached hydrogens (tertiary/aromatic N) is 3. The molecule has 0 saturated carbocycles. The second kappa shape index (κ2) is 13.6. The highest BCUT2D eigenvalue weighted by Crippen LogP contribution is 2.29. The first-order valence-electron chi connectivity index (χ1n) is 14.1. The first kappa shape index (κ1) is 32.3. The summed E-state index contributed by atoms with van der Waals surface area (Å²) in [6.45, 7) is 9.31. The quantitative estimate of drug-likeness (QED) is 0.244. The lowest BCUT2D eigenvalue weighted by Gasteiger charge is -2.22. The number of pyridine rings is 1. The molecule has 0 aliphatic rings. The van der Waals surface area contributed by atoms with E-state index in [0.717, 1.165) is 0 Å². The molecule has 1 aromatic carbocycles. The molecule has 0 bridgehead atoms. The molecule has 10 heteroatoms. The minimum absolute atomic E-state index is 0.0100. The third kappa shape index (κ3) is 8.64. The van der Waals surface area contributed by atoms with Crippen molar-refractivity contribution in [2.24, 2.45) is 5.92 Å². The Kier molecular flexibility index (Phi) is 10.5. The van der Waals surface area contributed by atoms with E-state index in [1.54, 1.807) is 59.3 Å². The van der Waals surface area contributed by atoms with Crippen LogP contribution in [-0.2, 0) is 27.3 Å². The molecule has 2 heterocycles. The summed E-state index contributed by atoms with van der Waals surface area (Å²) in [7, 11) is 3.32. The normalized spacial score (nSPS) is 11.8. The summed E-state index contributed by atoms with van der Waals surface area (Å²) < 4.78 is 23.1. The van der Waals surface area contributed by atoms with Crippen LogP contribution in [0.2, 0.25) is 0 Å². The minimum Gasteiger partial charge on any atom is -0.443 e. The van der Waals surface area contributed by atoms with Gasteiger partial charge in [-0.05, 0) is 87.9 Å². The lowest BCUT2D eigenvalue weighted by atomic mass is 10.0. The first-order valence-corrected chi connectivity index (χ1v) is 14.1. The summed E-state index contributed by atoms with van der Waals surface area (Å²) in [5.41, 5.74) is 0.547. The molecule has 9 nitrogen and oxygen atoms in total. The van der Waals surface area contributed by atoms with Crippen molar-refractivity contribution in [3.8, 4) is 0 Å². The molecule has 0 aliphatic heterocycles. The monoisotopic (exact) mass is 580 g/mol. The third-order valence-electron chi connectivity index (χ3n) is 6.32. The first-order chi connectivity index (χ1) is 19.7. The van der Waals surface area contributed by atoms with Crippen LogP contribution in [0.1, 0.15) is 65.1 Å². The number of hydrogen-bond acceptors (Lipinski definition) is 5. The van der Waals surface area contributed by atoms with Crippen LogP contribution in [-0.4, -0.2) is 51.6 Å². The van der Waals surface area contributed by atoms with Crippen LogP contribution in [0.4, 0.5) is 14.9 Å². The maximum absolute atomic E-state index is 14.6. The van der Waals surface area contributed by atoms with Gasteiger partial charge in [-0.1, -0.05) is 19.9 Å². The van der Waals surface area contributed by atoms with Gasteiger partial charge in [0.1, 0.15) is 17.1 Å². The molecule has 2 amide bonds. The van der Waals surface area contributed by atoms with Crippen LogP contribution in [0.15, 0.2) is 53.5 Å². The Balaban J connectivity index is 1.89. The number of carbonyl (C=O) groups is 3. The second-order valence-electron chi connectivity index (χ2n) is 12.0. The molecule has 3 aromatic rings. The Bertz CT molecular complexity index is 1540. The highest BCUT2D eigenvalue weighted by atomic mass is 19.1. The summed E-state index contributed by atoms with van der Waals surface area (Å²) in [6.07, 6.45) is 5.89. The number of fused-ring (bicyclic) bond motifs is 1. The number of carbonyl (C=O) groups excluding carboxylic acids is 3. The van der Waals surface area contributed by atoms with E-state index in [2.05, 4.69) is 5.32 Å². The summed E-state index contributed by atoms with van der Waals surface area (Å²) in [6, 6.07) is 7.65. The summed E-state index contributed by atoms with van der Waals surface area (Å²) in [5, 5.41) is 3.20. The van der Waals surface area contributed by atoms with Crippen molar-refractivity contribution in [2.45, 2.75) is 72.4 Å². The number of allylic oxidation sites excluding steroid dienone is 1. The summed E-state index contributed by atoms with van der Waals surface area (Å²) in [5.74, 6) is -0.655. The fourth-order valence-electron chi connectivity index (χ4n) is 4.53. The van der Waals surface area contributed by atoms with E-state index in [0.29, 0.717) is 41.4 Å². The number of likely N-dealkylation sites (N-methyl/N-ethyl adjacent to an activating group) is 1. The molecule has 42 heavy (non-hydrogen) atoms. The van der Waals surface area contributed by atoms with Gasteiger partial charge in [0, 0.05) is 32.1 Å². The topological polar surface area (TPSA) is 103 Å². The number of unbranched alkanes of at least 4 members (excludes halogenated alkanes) is 1. The smallest absolute Gasteiger partial charge is 0.419 e. The SMILES string of the molecule is CC(C)Cc1cc(F)cc2cc(Cn3cccc(NC(=O)CCC/C=C/C(=O)N(C)C)c3=O)n(C(=O)OC(C)(C)C)c12. The molecular formula is C32H41FN4O5. The largest absolute Gasteiger partial charge is 0.443 e. The number of hydrogen-bond donors (Lipinski definition) is 1. The van der Waals surface area contributed by atoms with Crippen molar-refractivity contribution in [1.82, 2.24) is 14.0 Å². The fraction of sp³-hybridized carbons (Fsp3) is 0.438. The Hall–Kier alpha value is -4.21. The number of ether oxygens (including phenoxy) is 1. The number of amides is 2. The molecule has 0 fully saturated rings. The standard InChI is InChI=1S/C32H41FN4O5/c1-21(2)16-22-17-24(33)18-23-19-25(37(29(22)23)31(41)42-32(3,4)5)20-36-15-11-12-26(30(36)40)34-27(38)13-9-8-10-14-28(39)35(6)7/h10-12,14-15,17-19,21H,8-9,13,16,20H2,1-7H3,(H,34,38)/b14-10+. The maximum Gasteiger partial charge on any atom is 0.419 e. The summed E-state index contributed by atoms with van der Waals surface area (Å²) in [4.78, 5) is 52.4. The second-order valence-corrected chi connectivity index (χ2v) is 12.0. The van der Waals surface area contributed by atoms with E-state index in [4.69, 9.17) is 4.74 Å². The molecule has 226 valence electrons. The Morgan fingerprint density at radius 3 is 2.50 bits per heavy atom. The van der Waals surface area contributed by atoms with Gasteiger partial charge < -0.3 is 19.5 Å². The molecule has 0 radical (unpaired) electrons. The zero-order valence-electron chi connectivity index (χ0n) is 25.5. The fourth-order valence-corrected chi connectivity index (χ4v) is 4.53. The van der Waals surface area contributed by atoms with Gasteiger partial charge in [0.15, 0.2) is 0 Å². The van der Waals surface area contributed by atoms with Gasteiger partial charge in [0.2, 0.25) is 11.8 Å². The van der Waals surface area contributed by atoms with E-state index in [-0.39, 0.29) is 36.4 Å². The van der Waals surface area contributed by atoms with E-state index in [1.807, 2.05) is 13.8 Å². The van der Waals surface area contributed by atoms with E-state index in [9.17, 15) is 23.6 Å². The molecule has 0 saturated heterocycles. The number of benzene rings is 1. The van der Waals surface area contributed by atoms with Crippen LogP contribution in [0.25, 0.3) is 10.9 Å². The van der Waals surface area contributed by atoms with Gasteiger partial charge in [-0.25, -0.2) is 13.8 Å². The van der Waals surface area contributed by atoms with Gasteiger partial charge in [-0.15, -0.1) is 0 Å². The van der Waals surface area contributed by atoms with Gasteiger partial charge >= 0.3 is 6.09 Å². The number of aromatic nitrogens is 2. The predicted molar refractivity (Wildman–Crippen MR) is 162 cm³/mol. The van der Waals surface area contributed by atoms with Crippen molar-refractivity contribution >= 4 is 34.5 Å². The third-order valence-corrected chi connectivity index (χ3v) is 6.32. The van der Waals surface area contributed by atoms with Crippen molar-refractivity contribution in [2.75, 3.05) is 19.4 Å². The predicted octanol–water partition coefficient (Wildman–Crippen LogP) is 5.73. The summed E-state index contributed by atoms with van der Waals surface area (Å²) >= 11 is 0. The number of anilines is 1. The average Bonchev–Trinajstić information content (AvgIpc) is 3.22. The number of rotatable bonds is 10. The average molecular weight is 581 g/mol. The number of nitrogens with one attached hydrogen (secondary N) is 1. The minimum atomic E-state index is -0.776. The lowest BCUT2D eigenvalue weighted by Crippen LogP contribution is -2.30. The molecular weight excluding hydrogens is 539 g/mol. The molecule has 3 rings (SSSR count). The van der Waals surface area contributed by atoms with Gasteiger partial charge in [-0.2, -0.15) is 0 Å². The van der Waals surface area contributed by atoms with E-state index >= 15 is 0 Å². The zero-order chi connectivity index (χ0) is 31.2. The molecule has 0 unspecified atom stereocenters. The van der Waals surface area contributed by atoms with Crippen molar-refractivity contribution in [3.63, 3.8) is 0 Å². The zero-order valence-corrected chi connectivity index (χ0v) is 25.5. The van der Waals surface area contributed by atoms with Crippen LogP contribution < -0.4 is 10.9 Å².